The van der Waals surface area contributed by atoms with Crippen molar-refractivity contribution in [2.24, 2.45) is 0 Å². The van der Waals surface area contributed by atoms with Crippen LogP contribution in [-0.2, 0) is 6.42 Å². The third-order valence-electron chi connectivity index (χ3n) is 2.74. The van der Waals surface area contributed by atoms with E-state index < -0.39 is 0 Å². The fourth-order valence-corrected chi connectivity index (χ4v) is 1.64. The van der Waals surface area contributed by atoms with Crippen LogP contribution in [0.3, 0.4) is 0 Å². The minimum Gasteiger partial charge on any atom is -0.359 e. The second kappa shape index (κ2) is 5.95. The maximum Gasteiger partial charge on any atom is 0.224 e. The average molecular weight is 243 g/mol. The van der Waals surface area contributed by atoms with E-state index in [0.29, 0.717) is 5.95 Å². The van der Waals surface area contributed by atoms with Crippen molar-refractivity contribution >= 4 is 11.8 Å². The Morgan fingerprint density at radius 3 is 2.67 bits per heavy atom. The molecule has 2 heterocycles. The summed E-state index contributed by atoms with van der Waals surface area (Å²) >= 11 is 0. The Kier molecular flexibility index (Phi) is 4.06. The number of aromatic nitrogens is 3. The standard InChI is InChI=1S/C13H17N5/c1-14-13-16-9-5-12(17-13)18(2)10-6-11-3-7-15-8-4-11/h3-5,7-9H,6,10H2,1-2H3,(H,14,16,17). The lowest BCUT2D eigenvalue weighted by molar-refractivity contribution is 0.855. The largest absolute Gasteiger partial charge is 0.359 e. The molecule has 0 aliphatic rings. The van der Waals surface area contributed by atoms with E-state index in [1.54, 1.807) is 6.20 Å². The maximum atomic E-state index is 4.39. The fourth-order valence-electron chi connectivity index (χ4n) is 1.64. The zero-order chi connectivity index (χ0) is 12.8. The molecule has 0 fully saturated rings. The van der Waals surface area contributed by atoms with Crippen molar-refractivity contribution in [3.8, 4) is 0 Å². The van der Waals surface area contributed by atoms with Crippen LogP contribution in [-0.4, -0.2) is 35.6 Å². The molecule has 0 atom stereocenters. The molecule has 2 rings (SSSR count). The van der Waals surface area contributed by atoms with Gasteiger partial charge in [0.25, 0.3) is 0 Å². The molecule has 18 heavy (non-hydrogen) atoms. The molecule has 0 aliphatic heterocycles. The first-order chi connectivity index (χ1) is 8.79. The van der Waals surface area contributed by atoms with Gasteiger partial charge in [-0.3, -0.25) is 4.98 Å². The quantitative estimate of drug-likeness (QED) is 0.864. The number of rotatable bonds is 5. The molecule has 0 unspecified atom stereocenters. The summed E-state index contributed by atoms with van der Waals surface area (Å²) in [6, 6.07) is 5.98. The molecular formula is C13H17N5. The van der Waals surface area contributed by atoms with Crippen molar-refractivity contribution in [3.63, 3.8) is 0 Å². The maximum absolute atomic E-state index is 4.39. The van der Waals surface area contributed by atoms with Gasteiger partial charge in [0.1, 0.15) is 5.82 Å². The minimum atomic E-state index is 0.642. The first-order valence-electron chi connectivity index (χ1n) is 5.90. The monoisotopic (exact) mass is 243 g/mol. The van der Waals surface area contributed by atoms with Gasteiger partial charge < -0.3 is 10.2 Å². The summed E-state index contributed by atoms with van der Waals surface area (Å²) in [6.07, 6.45) is 6.37. The van der Waals surface area contributed by atoms with Crippen molar-refractivity contribution in [3.05, 3.63) is 42.4 Å². The molecule has 2 aromatic rings. The topological polar surface area (TPSA) is 53.9 Å². The molecule has 1 N–H and O–H groups in total. The molecule has 0 aliphatic carbocycles. The van der Waals surface area contributed by atoms with Gasteiger partial charge in [0, 0.05) is 39.2 Å². The Hall–Kier alpha value is -2.17. The van der Waals surface area contributed by atoms with Gasteiger partial charge in [0.05, 0.1) is 0 Å². The van der Waals surface area contributed by atoms with Gasteiger partial charge in [-0.1, -0.05) is 0 Å². The Labute approximate surface area is 107 Å². The highest BCUT2D eigenvalue weighted by Crippen LogP contribution is 2.10. The molecule has 5 heteroatoms. The first kappa shape index (κ1) is 12.3. The zero-order valence-corrected chi connectivity index (χ0v) is 10.7. The van der Waals surface area contributed by atoms with Crippen LogP contribution < -0.4 is 10.2 Å². The van der Waals surface area contributed by atoms with Crippen LogP contribution in [0.2, 0.25) is 0 Å². The second-order valence-corrected chi connectivity index (χ2v) is 4.02. The second-order valence-electron chi connectivity index (χ2n) is 4.02. The number of hydrogen-bond donors (Lipinski definition) is 1. The molecule has 5 nitrogen and oxygen atoms in total. The van der Waals surface area contributed by atoms with E-state index in [0.717, 1.165) is 18.8 Å². The number of likely N-dealkylation sites (N-methyl/N-ethyl adjacent to an activating group) is 1. The molecule has 0 aromatic carbocycles. The van der Waals surface area contributed by atoms with E-state index in [4.69, 9.17) is 0 Å². The summed E-state index contributed by atoms with van der Waals surface area (Å²) in [7, 11) is 3.85. The highest BCUT2D eigenvalue weighted by molar-refractivity contribution is 5.41. The van der Waals surface area contributed by atoms with Crippen molar-refractivity contribution in [1.82, 2.24) is 15.0 Å². The molecule has 0 radical (unpaired) electrons. The van der Waals surface area contributed by atoms with E-state index >= 15 is 0 Å². The number of hydrogen-bond acceptors (Lipinski definition) is 5. The van der Waals surface area contributed by atoms with Crippen LogP contribution in [0, 0.1) is 0 Å². The van der Waals surface area contributed by atoms with E-state index in [-0.39, 0.29) is 0 Å². The molecule has 0 amide bonds. The van der Waals surface area contributed by atoms with Gasteiger partial charge in [-0.2, -0.15) is 4.98 Å². The SMILES string of the molecule is CNc1nccc(N(C)CCc2ccncc2)n1. The van der Waals surface area contributed by atoms with Crippen molar-refractivity contribution in [2.45, 2.75) is 6.42 Å². The van der Waals surface area contributed by atoms with Gasteiger partial charge in [-0.15, -0.1) is 0 Å². The van der Waals surface area contributed by atoms with Crippen LogP contribution >= 0.6 is 0 Å². The summed E-state index contributed by atoms with van der Waals surface area (Å²) < 4.78 is 0. The summed E-state index contributed by atoms with van der Waals surface area (Å²) in [5, 5.41) is 2.94. The predicted octanol–water partition coefficient (Wildman–Crippen LogP) is 1.59. The van der Waals surface area contributed by atoms with Crippen LogP contribution in [0.1, 0.15) is 5.56 Å². The van der Waals surface area contributed by atoms with Crippen LogP contribution in [0.25, 0.3) is 0 Å². The van der Waals surface area contributed by atoms with Crippen LogP contribution in [0.4, 0.5) is 11.8 Å². The van der Waals surface area contributed by atoms with Gasteiger partial charge in [0.15, 0.2) is 0 Å². The Bertz CT molecular complexity index is 486. The molecule has 0 bridgehead atoms. The van der Waals surface area contributed by atoms with Gasteiger partial charge in [-0.25, -0.2) is 4.98 Å². The number of nitrogens with one attached hydrogen (secondary N) is 1. The lowest BCUT2D eigenvalue weighted by atomic mass is 10.2. The first-order valence-corrected chi connectivity index (χ1v) is 5.90. The normalized spacial score (nSPS) is 10.1. The van der Waals surface area contributed by atoms with Gasteiger partial charge in [-0.05, 0) is 30.2 Å². The van der Waals surface area contributed by atoms with Crippen molar-refractivity contribution in [1.29, 1.82) is 0 Å². The molecule has 0 saturated heterocycles. The Morgan fingerprint density at radius 1 is 1.17 bits per heavy atom. The molecular weight excluding hydrogens is 226 g/mol. The molecule has 0 spiro atoms. The Morgan fingerprint density at radius 2 is 1.94 bits per heavy atom. The average Bonchev–Trinajstić information content (AvgIpc) is 2.46. The lowest BCUT2D eigenvalue weighted by Crippen LogP contribution is -2.21. The lowest BCUT2D eigenvalue weighted by Gasteiger charge is -2.18. The molecule has 94 valence electrons. The van der Waals surface area contributed by atoms with Crippen molar-refractivity contribution < 1.29 is 0 Å². The van der Waals surface area contributed by atoms with Crippen LogP contribution in [0.15, 0.2) is 36.8 Å². The highest BCUT2D eigenvalue weighted by Gasteiger charge is 2.04. The molecule has 2 aromatic heterocycles. The van der Waals surface area contributed by atoms with E-state index in [9.17, 15) is 0 Å². The minimum absolute atomic E-state index is 0.642. The number of nitrogens with zero attached hydrogens (tertiary/aromatic N) is 4. The summed E-state index contributed by atoms with van der Waals surface area (Å²) in [5.41, 5.74) is 1.28. The third kappa shape index (κ3) is 3.16. The zero-order valence-electron chi connectivity index (χ0n) is 10.7. The van der Waals surface area contributed by atoms with Gasteiger partial charge in [0.2, 0.25) is 5.95 Å². The third-order valence-corrected chi connectivity index (χ3v) is 2.74. The Balaban J connectivity index is 1.97. The molecule has 0 saturated carbocycles. The fraction of sp³-hybridized carbons (Fsp3) is 0.308. The van der Waals surface area contributed by atoms with E-state index in [1.807, 2.05) is 44.7 Å². The summed E-state index contributed by atoms with van der Waals surface area (Å²) in [5.74, 6) is 1.56. The highest BCUT2D eigenvalue weighted by atomic mass is 15.2. The summed E-state index contributed by atoms with van der Waals surface area (Å²) in [6.45, 7) is 0.907. The number of anilines is 2. The van der Waals surface area contributed by atoms with E-state index in [1.165, 1.54) is 5.56 Å². The van der Waals surface area contributed by atoms with Gasteiger partial charge >= 0.3 is 0 Å². The summed E-state index contributed by atoms with van der Waals surface area (Å²) in [4.78, 5) is 14.6. The van der Waals surface area contributed by atoms with E-state index in [2.05, 4.69) is 25.2 Å². The number of pyridine rings is 1. The predicted molar refractivity (Wildman–Crippen MR) is 72.8 cm³/mol. The van der Waals surface area contributed by atoms with Crippen LogP contribution in [0.5, 0.6) is 0 Å². The van der Waals surface area contributed by atoms with Crippen molar-refractivity contribution in [2.75, 3.05) is 30.9 Å². The smallest absolute Gasteiger partial charge is 0.224 e.